The average molecular weight is 2120 g/mol. The average Bonchev–Trinajstić information content (AvgIpc) is 3.35. The van der Waals surface area contributed by atoms with Gasteiger partial charge >= 0.3 is 0 Å². The monoisotopic (exact) mass is 2120 g/mol. The van der Waals surface area contributed by atoms with Gasteiger partial charge in [0.25, 0.3) is 33.4 Å². The molecule has 3 unspecified atom stereocenters. The van der Waals surface area contributed by atoms with Crippen molar-refractivity contribution >= 4 is 306 Å². The number of aliphatic hydroxyl groups is 6. The predicted molar refractivity (Wildman–Crippen MR) is 357 cm³/mol. The predicted octanol–water partition coefficient (Wildman–Crippen LogP) is 6.93. The van der Waals surface area contributed by atoms with Crippen LogP contribution in [0.15, 0.2) is 0 Å². The lowest BCUT2D eigenvalue weighted by Gasteiger charge is -2.20. The first kappa shape index (κ1) is 73.7. The molecule has 0 heterocycles. The molecule has 75 heavy (non-hydrogen) atoms. The van der Waals surface area contributed by atoms with E-state index in [-0.39, 0.29) is 90.0 Å². The summed E-state index contributed by atoms with van der Waals surface area (Å²) < 4.78 is 3.72. The molecular weight excluding hydrogens is 2080 g/mol. The molecule has 0 saturated heterocycles. The van der Waals surface area contributed by atoms with E-state index in [1.165, 1.54) is 0 Å². The van der Waals surface area contributed by atoms with Gasteiger partial charge < -0.3 is 62.5 Å². The van der Waals surface area contributed by atoms with Crippen molar-refractivity contribution < 1.29 is 73.8 Å². The highest BCUT2D eigenvalue weighted by molar-refractivity contribution is 14.1. The van der Waals surface area contributed by atoms with E-state index >= 15 is 0 Å². The van der Waals surface area contributed by atoms with Gasteiger partial charge in [-0.25, -0.2) is 0 Å². The standard InChI is InChI=1S/C17H22I3N3O7.C14H14ClI3N2O5.C11H6Cl2I3NO3/c1-2-9(28)23-15-13(19)10(16(29)21-3-7(26)5-24)12(18)11(14(15)20)17(30)22-4-8(27)6-25;1-2-6(23)20-12-10(17)7(13(15)24)9(16)8(11(12)18)14(25)19-3-5(22)4-21;1-2-3(18)17-9-7(15)4(10(12)19)6(14)5(8(9)16)11(13)20/h7-8,24-27H,2-6H2,1H3,(H,21,29)(H,22,30)(H,23,28);5,21-22H,2-4H2,1H3,(H,19,25)(H,20,23);2H2,1H3,(H,17,18). The van der Waals surface area contributed by atoms with Gasteiger partial charge in [0, 0.05) is 49.6 Å². The number of carbonyl (C=O) groups excluding carboxylic acids is 9. The highest BCUT2D eigenvalue weighted by Crippen LogP contribution is 2.39. The molecule has 3 rings (SSSR count). The number of benzene rings is 3. The summed E-state index contributed by atoms with van der Waals surface area (Å²) in [5, 5.41) is 68.4. The lowest BCUT2D eigenvalue weighted by atomic mass is 10.1. The van der Waals surface area contributed by atoms with E-state index in [1.54, 1.807) is 20.8 Å². The molecule has 0 aliphatic heterocycles. The number of aliphatic hydroxyl groups excluding tert-OH is 6. The molecule has 0 bridgehead atoms. The van der Waals surface area contributed by atoms with Crippen molar-refractivity contribution in [3.05, 3.63) is 65.5 Å². The van der Waals surface area contributed by atoms with Crippen molar-refractivity contribution in [1.29, 1.82) is 0 Å². The minimum absolute atomic E-state index is 0.126. The van der Waals surface area contributed by atoms with Crippen LogP contribution in [0.2, 0.25) is 0 Å². The summed E-state index contributed by atoms with van der Waals surface area (Å²) in [5.74, 6) is -2.55. The van der Waals surface area contributed by atoms with Gasteiger partial charge in [-0.15, -0.1) is 0 Å². The summed E-state index contributed by atoms with van der Waals surface area (Å²) in [4.78, 5) is 108. The molecule has 414 valence electrons. The van der Waals surface area contributed by atoms with Crippen LogP contribution in [0.5, 0.6) is 0 Å². The van der Waals surface area contributed by atoms with E-state index < -0.39 is 71.6 Å². The molecular formula is C42H42Cl3I9N6O15. The van der Waals surface area contributed by atoms with Gasteiger partial charge in [-0.2, -0.15) is 0 Å². The molecule has 0 radical (unpaired) electrons. The van der Waals surface area contributed by atoms with Gasteiger partial charge in [0.05, 0.1) is 110 Å². The van der Waals surface area contributed by atoms with E-state index in [0.29, 0.717) is 49.2 Å². The number of nitrogens with one attached hydrogen (secondary N) is 6. The summed E-state index contributed by atoms with van der Waals surface area (Å²) in [7, 11) is 0. The third-order valence-corrected chi connectivity index (χ3v) is 19.4. The number of rotatable bonds is 21. The second kappa shape index (κ2) is 36.3. The molecule has 0 aromatic heterocycles. The Morgan fingerprint density at radius 2 is 0.560 bits per heavy atom. The first-order valence-electron chi connectivity index (χ1n) is 20.8. The van der Waals surface area contributed by atoms with E-state index in [9.17, 15) is 58.5 Å². The van der Waals surface area contributed by atoms with Crippen LogP contribution in [-0.2, 0) is 14.4 Å². The maximum absolute atomic E-state index is 12.8. The van der Waals surface area contributed by atoms with Crippen LogP contribution in [0.3, 0.4) is 0 Å². The lowest BCUT2D eigenvalue weighted by molar-refractivity contribution is -0.116. The minimum atomic E-state index is -1.14. The molecule has 3 aromatic carbocycles. The molecule has 3 aromatic rings. The first-order chi connectivity index (χ1) is 34.9. The highest BCUT2D eigenvalue weighted by atomic mass is 127. The van der Waals surface area contributed by atoms with Crippen LogP contribution >= 0.6 is 238 Å². The van der Waals surface area contributed by atoms with E-state index in [2.05, 4.69) is 31.9 Å². The van der Waals surface area contributed by atoms with Crippen LogP contribution in [0, 0.1) is 32.1 Å². The molecule has 0 fully saturated rings. The van der Waals surface area contributed by atoms with Crippen molar-refractivity contribution in [3.8, 4) is 0 Å². The van der Waals surface area contributed by atoms with Crippen LogP contribution in [0.25, 0.3) is 0 Å². The maximum atomic E-state index is 12.8. The number of halogens is 12. The summed E-state index contributed by atoms with van der Waals surface area (Å²) in [6.45, 7) is 2.93. The molecule has 3 atom stereocenters. The van der Waals surface area contributed by atoms with Gasteiger partial charge in [0.1, 0.15) is 0 Å². The molecule has 0 spiro atoms. The van der Waals surface area contributed by atoms with Gasteiger partial charge in [0.2, 0.25) is 17.7 Å². The smallest absolute Gasteiger partial charge is 0.254 e. The van der Waals surface area contributed by atoms with Crippen molar-refractivity contribution in [3.63, 3.8) is 0 Å². The molecule has 0 aliphatic rings. The Bertz CT molecular complexity index is 2620. The van der Waals surface area contributed by atoms with Crippen LogP contribution in [-0.4, -0.2) is 140 Å². The fourth-order valence-corrected chi connectivity index (χ4v) is 20.0. The minimum Gasteiger partial charge on any atom is -0.394 e. The number of anilines is 3. The zero-order valence-corrected chi connectivity index (χ0v) is 60.2. The first-order valence-corrected chi connectivity index (χ1v) is 31.6. The van der Waals surface area contributed by atoms with E-state index in [0.717, 1.165) is 0 Å². The number of hydrogen-bond donors (Lipinski definition) is 12. The Balaban J connectivity index is 0.000000574. The summed E-state index contributed by atoms with van der Waals surface area (Å²) in [5.41, 5.74) is 1.90. The zero-order chi connectivity index (χ0) is 57.9. The Morgan fingerprint density at radius 1 is 0.373 bits per heavy atom. The van der Waals surface area contributed by atoms with Gasteiger partial charge in [0.15, 0.2) is 0 Å². The SMILES string of the molecule is CCC(=O)Nc1c(I)c(C(=O)Cl)c(I)c(C(=O)Cl)c1I.CCC(=O)Nc1c(I)c(C(=O)Cl)c(I)c(C(=O)NCC(O)CO)c1I.CCC(=O)Nc1c(I)c(C(=O)NCC(O)CO)c(I)c(C(=O)NCC(O)CO)c1I. The lowest BCUT2D eigenvalue weighted by Crippen LogP contribution is -2.37. The number of carbonyl (C=O) groups is 9. The maximum Gasteiger partial charge on any atom is 0.254 e. The third-order valence-electron chi connectivity index (χ3n) is 9.11. The van der Waals surface area contributed by atoms with E-state index in [4.69, 9.17) is 50.1 Å². The van der Waals surface area contributed by atoms with Gasteiger partial charge in [-0.1, -0.05) is 20.8 Å². The molecule has 0 aliphatic carbocycles. The molecule has 33 heteroatoms. The Hall–Kier alpha value is 0.690. The summed E-state index contributed by atoms with van der Waals surface area (Å²) in [6, 6.07) is 0. The Kier molecular flexibility index (Phi) is 35.7. The van der Waals surface area contributed by atoms with Crippen LogP contribution < -0.4 is 31.9 Å². The van der Waals surface area contributed by atoms with Crippen LogP contribution in [0.4, 0.5) is 17.1 Å². The van der Waals surface area contributed by atoms with Crippen molar-refractivity contribution in [2.45, 2.75) is 58.3 Å². The van der Waals surface area contributed by atoms with Crippen molar-refractivity contribution in [2.24, 2.45) is 0 Å². The Morgan fingerprint density at radius 3 is 0.747 bits per heavy atom. The zero-order valence-electron chi connectivity index (χ0n) is 38.5. The Labute approximate surface area is 566 Å². The van der Waals surface area contributed by atoms with Gasteiger partial charge in [-0.3, -0.25) is 43.2 Å². The molecule has 0 saturated carbocycles. The molecule has 21 nitrogen and oxygen atoms in total. The number of hydrogen-bond acceptors (Lipinski definition) is 15. The topological polar surface area (TPSA) is 347 Å². The van der Waals surface area contributed by atoms with E-state index in [1.807, 2.05) is 203 Å². The molecule has 12 N–H and O–H groups in total. The van der Waals surface area contributed by atoms with Crippen molar-refractivity contribution in [2.75, 3.05) is 55.4 Å². The van der Waals surface area contributed by atoms with Gasteiger partial charge in [-0.05, 0) is 238 Å². The fourth-order valence-electron chi connectivity index (χ4n) is 5.21. The highest BCUT2D eigenvalue weighted by Gasteiger charge is 2.31. The fraction of sp³-hybridized carbons (Fsp3) is 0.357. The second-order valence-electron chi connectivity index (χ2n) is 14.4. The normalized spacial score (nSPS) is 11.8. The number of amides is 6. The molecule has 6 amide bonds. The van der Waals surface area contributed by atoms with Crippen LogP contribution in [0.1, 0.15) is 102 Å². The second-order valence-corrected chi connectivity index (χ2v) is 25.1. The van der Waals surface area contributed by atoms with Crippen molar-refractivity contribution in [1.82, 2.24) is 16.0 Å². The summed E-state index contributed by atoms with van der Waals surface area (Å²) >= 11 is 33.8. The quantitative estimate of drug-likeness (QED) is 0.0380. The third kappa shape index (κ3) is 21.4. The summed E-state index contributed by atoms with van der Waals surface area (Å²) in [6.07, 6.45) is -2.70. The largest absolute Gasteiger partial charge is 0.394 e.